The lowest BCUT2D eigenvalue weighted by Gasteiger charge is -2.36. The van der Waals surface area contributed by atoms with Crippen molar-refractivity contribution in [3.05, 3.63) is 0 Å². The summed E-state index contributed by atoms with van der Waals surface area (Å²) in [5, 5.41) is 11.8. The van der Waals surface area contributed by atoms with Gasteiger partial charge in [0.2, 0.25) is 11.8 Å². The number of carbonyl (C=O) groups is 2. The molecule has 1 saturated heterocycles. The predicted octanol–water partition coefficient (Wildman–Crippen LogP) is -1.53. The first-order chi connectivity index (χ1) is 8.44. The van der Waals surface area contributed by atoms with Gasteiger partial charge in [0.15, 0.2) is 5.84 Å². The van der Waals surface area contributed by atoms with E-state index in [4.69, 9.17) is 21.4 Å². The lowest BCUT2D eigenvalue weighted by atomic mass is 9.77. The van der Waals surface area contributed by atoms with Gasteiger partial charge in [-0.15, -0.1) is 0 Å². The molecule has 0 spiro atoms. The van der Waals surface area contributed by atoms with E-state index in [1.807, 2.05) is 0 Å². The molecular weight excluding hydrogens is 240 g/mol. The summed E-state index contributed by atoms with van der Waals surface area (Å²) in [6.45, 7) is 0.471. The van der Waals surface area contributed by atoms with Gasteiger partial charge >= 0.3 is 0 Å². The van der Waals surface area contributed by atoms with Crippen molar-refractivity contribution >= 4 is 17.6 Å². The first-order valence-corrected chi connectivity index (χ1v) is 5.53. The van der Waals surface area contributed by atoms with Crippen LogP contribution in [-0.2, 0) is 14.3 Å². The molecule has 2 amide bonds. The van der Waals surface area contributed by atoms with Crippen LogP contribution in [0, 0.1) is 5.41 Å². The number of ether oxygens (including phenoxy) is 1. The number of amides is 2. The summed E-state index contributed by atoms with van der Waals surface area (Å²) in [7, 11) is 1.45. The van der Waals surface area contributed by atoms with Gasteiger partial charge in [-0.1, -0.05) is 5.16 Å². The molecule has 0 radical (unpaired) electrons. The number of nitrogens with zero attached hydrogens (tertiary/aromatic N) is 2. The second-order valence-corrected chi connectivity index (χ2v) is 4.31. The zero-order chi connectivity index (χ0) is 13.8. The van der Waals surface area contributed by atoms with Gasteiger partial charge in [0, 0.05) is 20.3 Å². The minimum atomic E-state index is -1.11. The number of hydrogen-bond acceptors (Lipinski definition) is 5. The fraction of sp³-hybridized carbons (Fsp3) is 0.700. The molecule has 1 aliphatic heterocycles. The summed E-state index contributed by atoms with van der Waals surface area (Å²) in [6.07, 6.45) is 0.621. The van der Waals surface area contributed by atoms with Gasteiger partial charge in [-0.05, 0) is 12.8 Å². The maximum Gasteiger partial charge on any atom is 0.237 e. The molecule has 0 aromatic carbocycles. The van der Waals surface area contributed by atoms with E-state index in [-0.39, 0.29) is 18.3 Å². The molecule has 8 heteroatoms. The van der Waals surface area contributed by atoms with Crippen molar-refractivity contribution in [2.75, 3.05) is 26.8 Å². The molecule has 8 nitrogen and oxygen atoms in total. The number of oxime groups is 1. The van der Waals surface area contributed by atoms with Crippen molar-refractivity contribution in [1.82, 2.24) is 4.90 Å². The zero-order valence-corrected chi connectivity index (χ0v) is 10.3. The number of amidine groups is 1. The fourth-order valence-electron chi connectivity index (χ4n) is 2.07. The van der Waals surface area contributed by atoms with Crippen molar-refractivity contribution in [2.24, 2.45) is 22.0 Å². The van der Waals surface area contributed by atoms with Gasteiger partial charge < -0.3 is 26.3 Å². The molecule has 0 unspecified atom stereocenters. The lowest BCUT2D eigenvalue weighted by molar-refractivity contribution is -0.143. The molecule has 102 valence electrons. The van der Waals surface area contributed by atoms with Crippen LogP contribution in [-0.4, -0.2) is 54.6 Å². The minimum absolute atomic E-state index is 0.160. The quantitative estimate of drug-likeness (QED) is 0.244. The van der Waals surface area contributed by atoms with Crippen LogP contribution in [0.4, 0.5) is 0 Å². The summed E-state index contributed by atoms with van der Waals surface area (Å²) in [4.78, 5) is 24.4. The van der Waals surface area contributed by atoms with Crippen LogP contribution >= 0.6 is 0 Å². The third kappa shape index (κ3) is 2.70. The number of hydrogen-bond donors (Lipinski definition) is 3. The highest BCUT2D eigenvalue weighted by atomic mass is 16.5. The molecule has 0 aliphatic carbocycles. The van der Waals surface area contributed by atoms with E-state index in [0.717, 1.165) is 0 Å². The monoisotopic (exact) mass is 258 g/mol. The SMILES string of the molecule is CN(CC(N)=O)C(=O)C1(C(N)=NO)CCOCC1. The Hall–Kier alpha value is -1.83. The molecule has 5 N–H and O–H groups in total. The smallest absolute Gasteiger partial charge is 0.237 e. The average molecular weight is 258 g/mol. The number of nitrogens with two attached hydrogens (primary N) is 2. The van der Waals surface area contributed by atoms with Crippen molar-refractivity contribution < 1.29 is 19.5 Å². The fourth-order valence-corrected chi connectivity index (χ4v) is 2.07. The zero-order valence-electron chi connectivity index (χ0n) is 10.3. The van der Waals surface area contributed by atoms with Gasteiger partial charge in [-0.2, -0.15) is 0 Å². The van der Waals surface area contributed by atoms with Gasteiger partial charge in [-0.3, -0.25) is 9.59 Å². The molecule has 0 saturated carbocycles. The highest BCUT2D eigenvalue weighted by Gasteiger charge is 2.46. The topological polar surface area (TPSA) is 131 Å². The molecule has 0 aromatic heterocycles. The summed E-state index contributed by atoms with van der Waals surface area (Å²) >= 11 is 0. The Labute approximate surface area is 105 Å². The number of carbonyl (C=O) groups excluding carboxylic acids is 2. The first kappa shape index (κ1) is 14.2. The number of likely N-dealkylation sites (N-methyl/N-ethyl adjacent to an activating group) is 1. The molecule has 0 aromatic rings. The Bertz CT molecular complexity index is 363. The second-order valence-electron chi connectivity index (χ2n) is 4.31. The van der Waals surface area contributed by atoms with Crippen LogP contribution in [0.25, 0.3) is 0 Å². The van der Waals surface area contributed by atoms with Crippen LogP contribution in [0.1, 0.15) is 12.8 Å². The summed E-state index contributed by atoms with van der Waals surface area (Å²) < 4.78 is 5.18. The van der Waals surface area contributed by atoms with E-state index < -0.39 is 11.3 Å². The van der Waals surface area contributed by atoms with E-state index in [2.05, 4.69) is 5.16 Å². The average Bonchev–Trinajstić information content (AvgIpc) is 2.36. The van der Waals surface area contributed by atoms with E-state index >= 15 is 0 Å². The maximum atomic E-state index is 12.3. The molecule has 0 bridgehead atoms. The molecule has 1 fully saturated rings. The van der Waals surface area contributed by atoms with Crippen LogP contribution in [0.15, 0.2) is 5.16 Å². The first-order valence-electron chi connectivity index (χ1n) is 5.53. The standard InChI is InChI=1S/C10H18N4O4/c1-14(6-7(11)15)9(16)10(8(12)13-17)2-4-18-5-3-10/h17H,2-6H2,1H3,(H2,11,15)(H2,12,13). The molecule has 1 heterocycles. The Morgan fingerprint density at radius 3 is 2.39 bits per heavy atom. The van der Waals surface area contributed by atoms with Crippen molar-refractivity contribution in [3.63, 3.8) is 0 Å². The van der Waals surface area contributed by atoms with Crippen molar-refractivity contribution in [2.45, 2.75) is 12.8 Å². The van der Waals surface area contributed by atoms with Crippen LogP contribution < -0.4 is 11.5 Å². The number of primary amides is 1. The Balaban J connectivity index is 2.96. The Kier molecular flexibility index (Phi) is 4.49. The largest absolute Gasteiger partial charge is 0.409 e. The van der Waals surface area contributed by atoms with Crippen LogP contribution in [0.5, 0.6) is 0 Å². The van der Waals surface area contributed by atoms with Crippen molar-refractivity contribution in [3.8, 4) is 0 Å². The van der Waals surface area contributed by atoms with Gasteiger partial charge in [0.1, 0.15) is 5.41 Å². The Morgan fingerprint density at radius 2 is 1.94 bits per heavy atom. The minimum Gasteiger partial charge on any atom is -0.409 e. The van der Waals surface area contributed by atoms with Crippen LogP contribution in [0.2, 0.25) is 0 Å². The van der Waals surface area contributed by atoms with Gasteiger partial charge in [-0.25, -0.2) is 0 Å². The molecule has 1 rings (SSSR count). The van der Waals surface area contributed by atoms with Crippen molar-refractivity contribution in [1.29, 1.82) is 0 Å². The molecular formula is C10H18N4O4. The lowest BCUT2D eigenvalue weighted by Crippen LogP contribution is -2.54. The molecule has 0 atom stereocenters. The highest BCUT2D eigenvalue weighted by molar-refractivity contribution is 6.07. The van der Waals surface area contributed by atoms with E-state index in [9.17, 15) is 9.59 Å². The van der Waals surface area contributed by atoms with E-state index in [1.54, 1.807) is 0 Å². The molecule has 1 aliphatic rings. The second kappa shape index (κ2) is 5.67. The van der Waals surface area contributed by atoms with E-state index in [1.165, 1.54) is 11.9 Å². The third-order valence-electron chi connectivity index (χ3n) is 3.09. The number of rotatable bonds is 4. The summed E-state index contributed by atoms with van der Waals surface area (Å²) in [5.74, 6) is -1.17. The van der Waals surface area contributed by atoms with Gasteiger partial charge in [0.05, 0.1) is 6.54 Å². The Morgan fingerprint density at radius 1 is 1.39 bits per heavy atom. The van der Waals surface area contributed by atoms with E-state index in [0.29, 0.717) is 26.1 Å². The third-order valence-corrected chi connectivity index (χ3v) is 3.09. The predicted molar refractivity (Wildman–Crippen MR) is 62.7 cm³/mol. The maximum absolute atomic E-state index is 12.3. The normalized spacial score (nSPS) is 19.3. The summed E-state index contributed by atoms with van der Waals surface area (Å²) in [5.41, 5.74) is 9.56. The summed E-state index contributed by atoms with van der Waals surface area (Å²) in [6, 6.07) is 0. The highest BCUT2D eigenvalue weighted by Crippen LogP contribution is 2.32. The van der Waals surface area contributed by atoms with Crippen LogP contribution in [0.3, 0.4) is 0 Å². The molecule has 18 heavy (non-hydrogen) atoms. The van der Waals surface area contributed by atoms with Gasteiger partial charge in [0.25, 0.3) is 0 Å².